The van der Waals surface area contributed by atoms with Gasteiger partial charge < -0.3 is 15.4 Å². The van der Waals surface area contributed by atoms with E-state index in [0.29, 0.717) is 24.3 Å². The molecular weight excluding hydrogens is 334 g/mol. The van der Waals surface area contributed by atoms with Crippen LogP contribution in [-0.4, -0.2) is 41.0 Å². The average Bonchev–Trinajstić information content (AvgIpc) is 2.54. The third-order valence-corrected chi connectivity index (χ3v) is 3.91. The topological polar surface area (TPSA) is 87.7 Å². The first-order chi connectivity index (χ1) is 12.2. The van der Waals surface area contributed by atoms with E-state index in [1.54, 1.807) is 45.0 Å². The zero-order valence-corrected chi connectivity index (χ0v) is 15.8. The van der Waals surface area contributed by atoms with E-state index in [9.17, 15) is 14.4 Å². The van der Waals surface area contributed by atoms with Crippen molar-refractivity contribution in [2.45, 2.75) is 58.6 Å². The Morgan fingerprint density at radius 3 is 2.15 bits per heavy atom. The van der Waals surface area contributed by atoms with E-state index in [4.69, 9.17) is 4.74 Å². The summed E-state index contributed by atoms with van der Waals surface area (Å²) >= 11 is 0. The molecule has 1 saturated heterocycles. The Bertz CT molecular complexity index is 664. The van der Waals surface area contributed by atoms with Gasteiger partial charge in [0, 0.05) is 24.8 Å². The summed E-state index contributed by atoms with van der Waals surface area (Å²) in [4.78, 5) is 37.7. The van der Waals surface area contributed by atoms with Crippen LogP contribution in [0.4, 0.5) is 16.2 Å². The van der Waals surface area contributed by atoms with Gasteiger partial charge in [-0.1, -0.05) is 0 Å². The van der Waals surface area contributed by atoms with Crippen molar-refractivity contribution < 1.29 is 19.1 Å². The molecule has 2 N–H and O–H groups in total. The molecular formula is C19H27N3O4. The number of amides is 3. The van der Waals surface area contributed by atoms with Gasteiger partial charge in [0.05, 0.1) is 0 Å². The Labute approximate surface area is 154 Å². The second-order valence-electron chi connectivity index (χ2n) is 7.43. The Morgan fingerprint density at radius 2 is 1.62 bits per heavy atom. The Morgan fingerprint density at radius 1 is 1.04 bits per heavy atom. The van der Waals surface area contributed by atoms with E-state index in [1.807, 2.05) is 0 Å². The number of rotatable bonds is 3. The monoisotopic (exact) mass is 361 g/mol. The molecule has 1 fully saturated rings. The van der Waals surface area contributed by atoms with Gasteiger partial charge in [0.1, 0.15) is 11.6 Å². The second-order valence-corrected chi connectivity index (χ2v) is 7.43. The number of piperidine rings is 1. The van der Waals surface area contributed by atoms with Gasteiger partial charge in [0.15, 0.2) is 0 Å². The summed E-state index contributed by atoms with van der Waals surface area (Å²) in [5.41, 5.74) is 0.664. The largest absolute Gasteiger partial charge is 0.444 e. The summed E-state index contributed by atoms with van der Waals surface area (Å²) in [7, 11) is 0. The fourth-order valence-electron chi connectivity index (χ4n) is 2.81. The van der Waals surface area contributed by atoms with Gasteiger partial charge in [0.2, 0.25) is 11.8 Å². The van der Waals surface area contributed by atoms with Gasteiger partial charge in [-0.3, -0.25) is 14.5 Å². The first kappa shape index (κ1) is 19.8. The van der Waals surface area contributed by atoms with Gasteiger partial charge in [-0.15, -0.1) is 0 Å². The molecule has 0 aliphatic carbocycles. The Balaban J connectivity index is 2.03. The van der Waals surface area contributed by atoms with Crippen LogP contribution in [0.3, 0.4) is 0 Å². The van der Waals surface area contributed by atoms with E-state index in [1.165, 1.54) is 11.8 Å². The van der Waals surface area contributed by atoms with E-state index < -0.39 is 17.7 Å². The molecule has 2 rings (SSSR count). The minimum atomic E-state index is -0.602. The minimum Gasteiger partial charge on any atom is -0.444 e. The lowest BCUT2D eigenvalue weighted by Gasteiger charge is -2.35. The number of carbonyl (C=O) groups excluding carboxylic acids is 3. The number of benzene rings is 1. The maximum Gasteiger partial charge on any atom is 0.410 e. The lowest BCUT2D eigenvalue weighted by molar-refractivity contribution is -0.122. The Kier molecular flexibility index (Phi) is 6.23. The van der Waals surface area contributed by atoms with Gasteiger partial charge in [-0.05, 0) is 64.3 Å². The second kappa shape index (κ2) is 8.21. The van der Waals surface area contributed by atoms with Crippen LogP contribution in [0.15, 0.2) is 24.3 Å². The maximum absolute atomic E-state index is 12.7. The summed E-state index contributed by atoms with van der Waals surface area (Å²) in [6.45, 7) is 7.36. The van der Waals surface area contributed by atoms with E-state index in [-0.39, 0.29) is 11.8 Å². The number of likely N-dealkylation sites (tertiary alicyclic amines) is 1. The molecule has 1 atom stereocenters. The number of carbonyl (C=O) groups is 3. The van der Waals surface area contributed by atoms with Crippen LogP contribution in [0.1, 0.15) is 47.0 Å². The van der Waals surface area contributed by atoms with Crippen LogP contribution >= 0.6 is 0 Å². The van der Waals surface area contributed by atoms with Crippen molar-refractivity contribution in [1.82, 2.24) is 4.90 Å². The molecule has 0 bridgehead atoms. The molecule has 1 aliphatic rings. The zero-order valence-electron chi connectivity index (χ0n) is 15.8. The molecule has 1 aliphatic heterocycles. The fraction of sp³-hybridized carbons (Fsp3) is 0.526. The normalized spacial score (nSPS) is 17.4. The van der Waals surface area contributed by atoms with Gasteiger partial charge in [0.25, 0.3) is 0 Å². The van der Waals surface area contributed by atoms with Crippen molar-refractivity contribution in [2.24, 2.45) is 0 Å². The summed E-state index contributed by atoms with van der Waals surface area (Å²) in [5.74, 6) is -0.389. The van der Waals surface area contributed by atoms with Crippen LogP contribution in [-0.2, 0) is 14.3 Å². The highest BCUT2D eigenvalue weighted by molar-refractivity contribution is 5.97. The summed E-state index contributed by atoms with van der Waals surface area (Å²) in [6, 6.07) is 6.30. The number of anilines is 2. The molecule has 7 heteroatoms. The summed E-state index contributed by atoms with van der Waals surface area (Å²) in [6.07, 6.45) is 1.89. The smallest absolute Gasteiger partial charge is 0.410 e. The number of hydrogen-bond donors (Lipinski definition) is 2. The molecule has 142 valence electrons. The van der Waals surface area contributed by atoms with Crippen molar-refractivity contribution >= 4 is 29.3 Å². The lowest BCUT2D eigenvalue weighted by atomic mass is 10.0. The molecule has 0 saturated carbocycles. The SMILES string of the molecule is CC(=O)Nc1ccc(NC(=O)[C@H]2CCCCN2C(=O)OC(C)(C)C)cc1. The van der Waals surface area contributed by atoms with Crippen LogP contribution in [0.25, 0.3) is 0 Å². The molecule has 3 amide bonds. The molecule has 1 aromatic rings. The first-order valence-corrected chi connectivity index (χ1v) is 8.84. The highest BCUT2D eigenvalue weighted by atomic mass is 16.6. The maximum atomic E-state index is 12.7. The zero-order chi connectivity index (χ0) is 19.3. The van der Waals surface area contributed by atoms with E-state index in [0.717, 1.165) is 12.8 Å². The summed E-state index contributed by atoms with van der Waals surface area (Å²) < 4.78 is 5.43. The highest BCUT2D eigenvalue weighted by Gasteiger charge is 2.34. The first-order valence-electron chi connectivity index (χ1n) is 8.84. The van der Waals surface area contributed by atoms with Crippen molar-refractivity contribution in [3.8, 4) is 0 Å². The predicted molar refractivity (Wildman–Crippen MR) is 100.0 cm³/mol. The molecule has 7 nitrogen and oxygen atoms in total. The van der Waals surface area contributed by atoms with Crippen LogP contribution in [0.5, 0.6) is 0 Å². The van der Waals surface area contributed by atoms with Crippen LogP contribution < -0.4 is 10.6 Å². The number of nitrogens with one attached hydrogen (secondary N) is 2. The standard InChI is InChI=1S/C19H27N3O4/c1-13(23)20-14-8-10-15(11-9-14)21-17(24)16-7-5-6-12-22(16)18(25)26-19(2,3)4/h8-11,16H,5-7,12H2,1-4H3,(H,20,23)(H,21,24)/t16-/m1/s1. The van der Waals surface area contributed by atoms with Gasteiger partial charge in [-0.25, -0.2) is 4.79 Å². The van der Waals surface area contributed by atoms with Crippen molar-refractivity contribution in [2.75, 3.05) is 17.2 Å². The molecule has 0 aromatic heterocycles. The minimum absolute atomic E-state index is 0.156. The Hall–Kier alpha value is -2.57. The molecule has 0 radical (unpaired) electrons. The molecule has 1 heterocycles. The molecule has 0 spiro atoms. The number of nitrogens with zero attached hydrogens (tertiary/aromatic N) is 1. The third-order valence-electron chi connectivity index (χ3n) is 3.91. The van der Waals surface area contributed by atoms with Crippen LogP contribution in [0.2, 0.25) is 0 Å². The van der Waals surface area contributed by atoms with Gasteiger partial charge >= 0.3 is 6.09 Å². The van der Waals surface area contributed by atoms with E-state index in [2.05, 4.69) is 10.6 Å². The number of ether oxygens (including phenoxy) is 1. The highest BCUT2D eigenvalue weighted by Crippen LogP contribution is 2.22. The van der Waals surface area contributed by atoms with E-state index >= 15 is 0 Å². The molecule has 1 aromatic carbocycles. The molecule has 26 heavy (non-hydrogen) atoms. The average molecular weight is 361 g/mol. The number of hydrogen-bond acceptors (Lipinski definition) is 4. The quantitative estimate of drug-likeness (QED) is 0.864. The predicted octanol–water partition coefficient (Wildman–Crippen LogP) is 3.37. The fourth-order valence-corrected chi connectivity index (χ4v) is 2.81. The third kappa shape index (κ3) is 5.75. The van der Waals surface area contributed by atoms with Gasteiger partial charge in [-0.2, -0.15) is 0 Å². The molecule has 0 unspecified atom stereocenters. The van der Waals surface area contributed by atoms with Crippen molar-refractivity contribution in [3.63, 3.8) is 0 Å². The van der Waals surface area contributed by atoms with Crippen LogP contribution in [0, 0.1) is 0 Å². The summed E-state index contributed by atoms with van der Waals surface area (Å²) in [5, 5.41) is 5.51. The van der Waals surface area contributed by atoms with Crippen molar-refractivity contribution in [1.29, 1.82) is 0 Å². The lowest BCUT2D eigenvalue weighted by Crippen LogP contribution is -2.51. The van der Waals surface area contributed by atoms with Crippen molar-refractivity contribution in [3.05, 3.63) is 24.3 Å².